The summed E-state index contributed by atoms with van der Waals surface area (Å²) in [5.74, 6) is 0.851. The van der Waals surface area contributed by atoms with Gasteiger partial charge in [0.1, 0.15) is 10.9 Å². The fourth-order valence-corrected chi connectivity index (χ4v) is 2.80. The molecule has 0 amide bonds. The first-order valence-corrected chi connectivity index (χ1v) is 6.99. The number of nitrogens with zero attached hydrogens (tertiary/aromatic N) is 2. The van der Waals surface area contributed by atoms with Crippen molar-refractivity contribution >= 4 is 22.5 Å². The molecule has 1 aromatic heterocycles. The number of fused-ring (bicyclic) bond motifs is 1. The normalized spacial score (nSPS) is 16.1. The highest BCUT2D eigenvalue weighted by Gasteiger charge is 2.14. The van der Waals surface area contributed by atoms with Crippen molar-refractivity contribution < 1.29 is 4.74 Å². The van der Waals surface area contributed by atoms with E-state index in [-0.39, 0.29) is 0 Å². The van der Waals surface area contributed by atoms with Crippen LogP contribution < -0.4 is 4.74 Å². The zero-order valence-electron chi connectivity index (χ0n) is 11.0. The smallest absolute Gasteiger partial charge is 0.134 e. The molecule has 1 saturated heterocycles. The molecule has 0 aliphatic carbocycles. The van der Waals surface area contributed by atoms with Crippen LogP contribution in [-0.4, -0.2) is 30.1 Å². The second-order valence-electron chi connectivity index (χ2n) is 4.98. The van der Waals surface area contributed by atoms with E-state index >= 15 is 0 Å². The second kappa shape index (κ2) is 5.35. The molecule has 1 fully saturated rings. The molecule has 0 radical (unpaired) electrons. The molecule has 3 rings (SSSR count). The maximum atomic E-state index is 6.29. The van der Waals surface area contributed by atoms with Crippen molar-refractivity contribution in [3.63, 3.8) is 0 Å². The topological polar surface area (TPSA) is 25.4 Å². The van der Waals surface area contributed by atoms with E-state index in [2.05, 4.69) is 16.0 Å². The van der Waals surface area contributed by atoms with Gasteiger partial charge in [-0.3, -0.25) is 4.90 Å². The van der Waals surface area contributed by atoms with Crippen LogP contribution in [0, 0.1) is 0 Å². The van der Waals surface area contributed by atoms with Crippen LogP contribution in [0.2, 0.25) is 5.15 Å². The summed E-state index contributed by atoms with van der Waals surface area (Å²) in [5.41, 5.74) is 2.01. The summed E-state index contributed by atoms with van der Waals surface area (Å²) in [7, 11) is 1.68. The van der Waals surface area contributed by atoms with Crippen LogP contribution in [0.3, 0.4) is 0 Å². The summed E-state index contributed by atoms with van der Waals surface area (Å²) in [5, 5.41) is 1.70. The lowest BCUT2D eigenvalue weighted by atomic mass is 10.1. The molecule has 3 nitrogen and oxygen atoms in total. The number of aromatic nitrogens is 1. The Morgan fingerprint density at radius 2 is 2.05 bits per heavy atom. The fraction of sp³-hybridized carbons (Fsp3) is 0.400. The fourth-order valence-electron chi connectivity index (χ4n) is 2.59. The van der Waals surface area contributed by atoms with Gasteiger partial charge in [-0.05, 0) is 50.2 Å². The summed E-state index contributed by atoms with van der Waals surface area (Å²) in [6.07, 6.45) is 2.57. The molecule has 0 unspecified atom stereocenters. The molecule has 0 bridgehead atoms. The minimum atomic E-state index is 0.615. The largest absolute Gasteiger partial charge is 0.497 e. The first kappa shape index (κ1) is 12.7. The SMILES string of the molecule is COc1ccc2nc(Cl)c(CN3CCCC3)cc2c1. The predicted octanol–water partition coefficient (Wildman–Crippen LogP) is 3.49. The van der Waals surface area contributed by atoms with E-state index in [0.717, 1.165) is 41.9 Å². The molecular formula is C15H17ClN2O. The number of pyridine rings is 1. The number of methoxy groups -OCH3 is 1. The Labute approximate surface area is 118 Å². The van der Waals surface area contributed by atoms with Gasteiger partial charge >= 0.3 is 0 Å². The molecule has 0 spiro atoms. The van der Waals surface area contributed by atoms with Crippen molar-refractivity contribution in [2.24, 2.45) is 0 Å². The summed E-state index contributed by atoms with van der Waals surface area (Å²) >= 11 is 6.29. The first-order valence-electron chi connectivity index (χ1n) is 6.62. The van der Waals surface area contributed by atoms with E-state index < -0.39 is 0 Å². The highest BCUT2D eigenvalue weighted by molar-refractivity contribution is 6.30. The molecule has 0 N–H and O–H groups in total. The maximum absolute atomic E-state index is 6.29. The van der Waals surface area contributed by atoms with Crippen LogP contribution >= 0.6 is 11.6 Å². The molecular weight excluding hydrogens is 260 g/mol. The Morgan fingerprint density at radius 1 is 1.26 bits per heavy atom. The average molecular weight is 277 g/mol. The van der Waals surface area contributed by atoms with Crippen LogP contribution in [0.4, 0.5) is 0 Å². The van der Waals surface area contributed by atoms with Gasteiger partial charge < -0.3 is 4.74 Å². The number of halogens is 1. The Morgan fingerprint density at radius 3 is 2.79 bits per heavy atom. The molecule has 0 saturated carbocycles. The number of hydrogen-bond acceptors (Lipinski definition) is 3. The molecule has 0 atom stereocenters. The molecule has 100 valence electrons. The molecule has 4 heteroatoms. The highest BCUT2D eigenvalue weighted by Crippen LogP contribution is 2.26. The Bertz CT molecular complexity index is 594. The Balaban J connectivity index is 1.96. The van der Waals surface area contributed by atoms with Crippen molar-refractivity contribution in [3.05, 3.63) is 35.0 Å². The van der Waals surface area contributed by atoms with Gasteiger partial charge in [-0.25, -0.2) is 4.98 Å². The third kappa shape index (κ3) is 2.67. The van der Waals surface area contributed by atoms with E-state index in [1.807, 2.05) is 18.2 Å². The van der Waals surface area contributed by atoms with Gasteiger partial charge in [0.05, 0.1) is 12.6 Å². The molecule has 1 aliphatic heterocycles. The van der Waals surface area contributed by atoms with Gasteiger partial charge in [0.15, 0.2) is 0 Å². The van der Waals surface area contributed by atoms with Crippen molar-refractivity contribution in [2.45, 2.75) is 19.4 Å². The van der Waals surface area contributed by atoms with Crippen molar-refractivity contribution in [2.75, 3.05) is 20.2 Å². The van der Waals surface area contributed by atoms with Gasteiger partial charge in [-0.15, -0.1) is 0 Å². The van der Waals surface area contributed by atoms with Crippen molar-refractivity contribution in [3.8, 4) is 5.75 Å². The second-order valence-corrected chi connectivity index (χ2v) is 5.34. The van der Waals surface area contributed by atoms with Gasteiger partial charge in [0, 0.05) is 17.5 Å². The zero-order chi connectivity index (χ0) is 13.2. The molecule has 19 heavy (non-hydrogen) atoms. The molecule has 1 aliphatic rings. The Kier molecular flexibility index (Phi) is 3.58. The standard InChI is InChI=1S/C15H17ClN2O/c1-19-13-4-5-14-11(9-13)8-12(15(16)17-14)10-18-6-2-3-7-18/h4-5,8-9H,2-3,6-7,10H2,1H3. The number of benzene rings is 1. The quantitative estimate of drug-likeness (QED) is 0.803. The summed E-state index contributed by atoms with van der Waals surface area (Å²) in [4.78, 5) is 6.90. The van der Waals surface area contributed by atoms with E-state index in [9.17, 15) is 0 Å². The highest BCUT2D eigenvalue weighted by atomic mass is 35.5. The maximum Gasteiger partial charge on any atom is 0.134 e. The van der Waals surface area contributed by atoms with Gasteiger partial charge in [0.25, 0.3) is 0 Å². The lowest BCUT2D eigenvalue weighted by molar-refractivity contribution is 0.331. The third-order valence-electron chi connectivity index (χ3n) is 3.64. The van der Waals surface area contributed by atoms with Crippen LogP contribution in [0.1, 0.15) is 18.4 Å². The molecule has 2 aromatic rings. The van der Waals surface area contributed by atoms with Crippen LogP contribution in [0.15, 0.2) is 24.3 Å². The zero-order valence-corrected chi connectivity index (χ0v) is 11.8. The van der Waals surface area contributed by atoms with Gasteiger partial charge in [-0.2, -0.15) is 0 Å². The van der Waals surface area contributed by atoms with Gasteiger partial charge in [0.2, 0.25) is 0 Å². The average Bonchev–Trinajstić information content (AvgIpc) is 2.92. The van der Waals surface area contributed by atoms with E-state index in [1.54, 1.807) is 7.11 Å². The molecule has 1 aromatic carbocycles. The number of hydrogen-bond donors (Lipinski definition) is 0. The molecule has 2 heterocycles. The van der Waals surface area contributed by atoms with Crippen molar-refractivity contribution in [1.82, 2.24) is 9.88 Å². The number of likely N-dealkylation sites (tertiary alicyclic amines) is 1. The third-order valence-corrected chi connectivity index (χ3v) is 3.97. The van der Waals surface area contributed by atoms with E-state index in [4.69, 9.17) is 16.3 Å². The van der Waals surface area contributed by atoms with Crippen LogP contribution in [-0.2, 0) is 6.54 Å². The number of rotatable bonds is 3. The summed E-state index contributed by atoms with van der Waals surface area (Å²) < 4.78 is 5.25. The lowest BCUT2D eigenvalue weighted by Gasteiger charge is -2.15. The first-order chi connectivity index (χ1) is 9.26. The van der Waals surface area contributed by atoms with Crippen LogP contribution in [0.5, 0.6) is 5.75 Å². The minimum Gasteiger partial charge on any atom is -0.497 e. The number of ether oxygens (including phenoxy) is 1. The summed E-state index contributed by atoms with van der Waals surface area (Å²) in [6, 6.07) is 7.99. The monoisotopic (exact) mass is 276 g/mol. The van der Waals surface area contributed by atoms with E-state index in [1.165, 1.54) is 12.8 Å². The Hall–Kier alpha value is -1.32. The summed E-state index contributed by atoms with van der Waals surface area (Å²) in [6.45, 7) is 3.21. The van der Waals surface area contributed by atoms with Crippen molar-refractivity contribution in [1.29, 1.82) is 0 Å². The minimum absolute atomic E-state index is 0.615. The van der Waals surface area contributed by atoms with E-state index in [0.29, 0.717) is 5.15 Å². The van der Waals surface area contributed by atoms with Crippen LogP contribution in [0.25, 0.3) is 10.9 Å². The lowest BCUT2D eigenvalue weighted by Crippen LogP contribution is -2.18. The van der Waals surface area contributed by atoms with Gasteiger partial charge in [-0.1, -0.05) is 11.6 Å². The predicted molar refractivity (Wildman–Crippen MR) is 77.8 cm³/mol.